The molecule has 1 N–H and O–H groups in total. The Balaban J connectivity index is 1.33. The quantitative estimate of drug-likeness (QED) is 0.0896. The standard InChI is InChI=1S/C47H55N3O7Si/c1-9-22-54-43-30(3)44-46(57-28-56-44)40-34(43)25-37-41-39-31(23-29(2)42(53-8)45(39)55-27-52-7)24-36(49(41)6)38(26-48)50(37)35(40)20-21-47(4,5)58(51,32-16-12-10-13-17-32)33-18-14-11-15-19-33/h9-19,23,35-38,41,51H,1,20-22,24-25,27-28H2,2-8H3/t35-,36-,37-,38-,41+/m0/s1. The number of methoxy groups -OCH3 is 2. The van der Waals surface area contributed by atoms with Crippen molar-refractivity contribution in [1.29, 1.82) is 5.26 Å². The SMILES string of the molecule is C=CCOc1c(C)c2c(c3c1C[C@H]1[C@@H]4c5c(cc(C)c(OC)c5OCOC)C[C@@H]([C@H](C#N)N1[C@H]3CCC(C)(C)[Si](O)(c1ccccc1)c1ccccc1)N4C)OCO2. The predicted molar refractivity (Wildman–Crippen MR) is 226 cm³/mol. The van der Waals surface area contributed by atoms with Crippen LogP contribution in [0.5, 0.6) is 28.7 Å². The van der Waals surface area contributed by atoms with Crippen LogP contribution in [-0.4, -0.2) is 82.5 Å². The second-order valence-electron chi connectivity index (χ2n) is 16.7. The van der Waals surface area contributed by atoms with Crippen LogP contribution in [0.15, 0.2) is 79.4 Å². The molecule has 0 radical (unpaired) electrons. The van der Waals surface area contributed by atoms with Crippen molar-refractivity contribution in [2.24, 2.45) is 0 Å². The van der Waals surface area contributed by atoms with Crippen LogP contribution < -0.4 is 34.1 Å². The van der Waals surface area contributed by atoms with E-state index in [1.807, 2.05) is 50.2 Å². The number of hydrogen-bond donors (Lipinski definition) is 1. The average molecular weight is 802 g/mol. The third-order valence-electron chi connectivity index (χ3n) is 13.3. The average Bonchev–Trinajstić information content (AvgIpc) is 3.73. The molecule has 0 unspecified atom stereocenters. The van der Waals surface area contributed by atoms with Gasteiger partial charge in [-0.05, 0) is 73.1 Å². The van der Waals surface area contributed by atoms with Crippen molar-refractivity contribution < 1.29 is 33.2 Å². The molecule has 0 saturated carbocycles. The van der Waals surface area contributed by atoms with Crippen LogP contribution in [-0.2, 0) is 17.6 Å². The molecule has 4 aromatic rings. The van der Waals surface area contributed by atoms with E-state index in [4.69, 9.17) is 28.4 Å². The van der Waals surface area contributed by atoms with Gasteiger partial charge in [-0.1, -0.05) is 93.2 Å². The summed E-state index contributed by atoms with van der Waals surface area (Å²) in [4.78, 5) is 18.1. The number of aryl methyl sites for hydroxylation is 1. The Morgan fingerprint density at radius 3 is 2.22 bits per heavy atom. The van der Waals surface area contributed by atoms with Gasteiger partial charge in [0.2, 0.25) is 6.79 Å². The molecule has 11 heteroatoms. The molecular weight excluding hydrogens is 747 g/mol. The highest BCUT2D eigenvalue weighted by atomic mass is 28.4. The Kier molecular flexibility index (Phi) is 10.8. The second-order valence-corrected chi connectivity index (χ2v) is 20.7. The van der Waals surface area contributed by atoms with E-state index in [9.17, 15) is 10.1 Å². The largest absolute Gasteiger partial charge is 0.493 e. The molecule has 304 valence electrons. The van der Waals surface area contributed by atoms with Crippen LogP contribution in [0.25, 0.3) is 0 Å². The molecule has 0 aliphatic carbocycles. The lowest BCUT2D eigenvalue weighted by atomic mass is 9.71. The molecule has 2 bridgehead atoms. The van der Waals surface area contributed by atoms with Crippen molar-refractivity contribution in [3.8, 4) is 34.8 Å². The molecule has 10 nitrogen and oxygen atoms in total. The first-order valence-electron chi connectivity index (χ1n) is 20.2. The van der Waals surface area contributed by atoms with E-state index in [1.165, 1.54) is 0 Å². The summed E-state index contributed by atoms with van der Waals surface area (Å²) in [6.07, 6.45) is 4.32. The van der Waals surface area contributed by atoms with E-state index >= 15 is 0 Å². The number of rotatable bonds is 13. The highest BCUT2D eigenvalue weighted by Crippen LogP contribution is 2.60. The lowest BCUT2D eigenvalue weighted by molar-refractivity contribution is -0.0761. The fourth-order valence-electron chi connectivity index (χ4n) is 10.7. The number of piperazine rings is 1. The maximum atomic E-state index is 13.3. The number of fused-ring (bicyclic) bond motifs is 9. The van der Waals surface area contributed by atoms with Gasteiger partial charge in [0.15, 0.2) is 29.8 Å². The molecule has 4 heterocycles. The lowest BCUT2D eigenvalue weighted by Gasteiger charge is -2.60. The number of nitriles is 1. The zero-order valence-electron chi connectivity index (χ0n) is 34.7. The first kappa shape index (κ1) is 40.0. The fourth-order valence-corrected chi connectivity index (χ4v) is 14.4. The predicted octanol–water partition coefficient (Wildman–Crippen LogP) is 6.67. The minimum atomic E-state index is -3.38. The van der Waals surface area contributed by atoms with E-state index in [1.54, 1.807) is 20.3 Å². The number of likely N-dealkylation sites (N-methyl/N-ethyl adjacent to an activating group) is 1. The first-order valence-corrected chi connectivity index (χ1v) is 22.2. The highest BCUT2D eigenvalue weighted by molar-refractivity contribution is 6.98. The van der Waals surface area contributed by atoms with Gasteiger partial charge in [0.05, 0.1) is 19.2 Å². The molecule has 0 amide bonds. The lowest BCUT2D eigenvalue weighted by Crippen LogP contribution is -2.68. The monoisotopic (exact) mass is 801 g/mol. The van der Waals surface area contributed by atoms with Crippen LogP contribution in [0.2, 0.25) is 5.04 Å². The summed E-state index contributed by atoms with van der Waals surface area (Å²) >= 11 is 0. The number of nitrogens with zero attached hydrogens (tertiary/aromatic N) is 3. The molecule has 4 aromatic carbocycles. The van der Waals surface area contributed by atoms with E-state index < -0.39 is 19.4 Å². The Bertz CT molecular complexity index is 2190. The Hall–Kier alpha value is -4.83. The van der Waals surface area contributed by atoms with E-state index in [0.717, 1.165) is 55.3 Å². The zero-order valence-corrected chi connectivity index (χ0v) is 35.7. The molecule has 0 spiro atoms. The third-order valence-corrected chi connectivity index (χ3v) is 17.9. The van der Waals surface area contributed by atoms with Gasteiger partial charge in [-0.2, -0.15) is 5.26 Å². The minimum absolute atomic E-state index is 0.0691. The van der Waals surface area contributed by atoms with Crippen molar-refractivity contribution in [3.05, 3.63) is 113 Å². The van der Waals surface area contributed by atoms with E-state index in [0.29, 0.717) is 49.5 Å². The molecule has 5 atom stereocenters. The van der Waals surface area contributed by atoms with Crippen molar-refractivity contribution in [2.75, 3.05) is 41.5 Å². The van der Waals surface area contributed by atoms with E-state index in [2.05, 4.69) is 73.7 Å². The van der Waals surface area contributed by atoms with Crippen LogP contribution in [0.1, 0.15) is 72.2 Å². The molecule has 1 saturated heterocycles. The minimum Gasteiger partial charge on any atom is -0.493 e. The van der Waals surface area contributed by atoms with Crippen molar-refractivity contribution >= 4 is 18.7 Å². The number of benzene rings is 4. The molecule has 0 aromatic heterocycles. The van der Waals surface area contributed by atoms with Crippen molar-refractivity contribution in [3.63, 3.8) is 0 Å². The topological polar surface area (TPSA) is 106 Å². The summed E-state index contributed by atoms with van der Waals surface area (Å²) in [7, 11) is 2.07. The summed E-state index contributed by atoms with van der Waals surface area (Å²) in [5.41, 5.74) is 6.15. The Morgan fingerprint density at radius 1 is 0.931 bits per heavy atom. The second kappa shape index (κ2) is 15.7. The zero-order chi connectivity index (χ0) is 40.9. The molecule has 8 rings (SSSR count). The summed E-state index contributed by atoms with van der Waals surface area (Å²) in [6.45, 7) is 13.0. The van der Waals surface area contributed by atoms with Crippen LogP contribution >= 0.6 is 0 Å². The first-order chi connectivity index (χ1) is 28.0. The van der Waals surface area contributed by atoms with Gasteiger partial charge in [0, 0.05) is 47.5 Å². The molecule has 58 heavy (non-hydrogen) atoms. The molecule has 1 fully saturated rings. The van der Waals surface area contributed by atoms with Gasteiger partial charge >= 0.3 is 0 Å². The van der Waals surface area contributed by atoms with Gasteiger partial charge in [-0.25, -0.2) is 0 Å². The molecule has 4 aliphatic heterocycles. The van der Waals surface area contributed by atoms with Gasteiger partial charge in [-0.15, -0.1) is 0 Å². The Morgan fingerprint density at radius 2 is 1.60 bits per heavy atom. The maximum Gasteiger partial charge on any atom is 0.258 e. The van der Waals surface area contributed by atoms with Crippen molar-refractivity contribution in [1.82, 2.24) is 9.80 Å². The van der Waals surface area contributed by atoms with Gasteiger partial charge < -0.3 is 33.2 Å². The Labute approximate surface area is 343 Å². The smallest absolute Gasteiger partial charge is 0.258 e. The van der Waals surface area contributed by atoms with Gasteiger partial charge in [0.25, 0.3) is 8.32 Å². The summed E-state index contributed by atoms with van der Waals surface area (Å²) < 4.78 is 37.2. The number of hydrogen-bond acceptors (Lipinski definition) is 10. The summed E-state index contributed by atoms with van der Waals surface area (Å²) in [5, 5.41) is 12.7. The van der Waals surface area contributed by atoms with Crippen LogP contribution in [0, 0.1) is 25.2 Å². The van der Waals surface area contributed by atoms with Crippen LogP contribution in [0.3, 0.4) is 0 Å². The van der Waals surface area contributed by atoms with Gasteiger partial charge in [0.1, 0.15) is 18.4 Å². The summed E-state index contributed by atoms with van der Waals surface area (Å²) in [5.74, 6) is 3.55. The van der Waals surface area contributed by atoms with E-state index in [-0.39, 0.29) is 37.8 Å². The van der Waals surface area contributed by atoms with Gasteiger partial charge in [-0.3, -0.25) is 9.80 Å². The normalized spacial score (nSPS) is 22.3. The maximum absolute atomic E-state index is 13.3. The number of ether oxygens (including phenoxy) is 6. The highest BCUT2D eigenvalue weighted by Gasteiger charge is 2.58. The molecular formula is C47H55N3O7Si. The molecule has 4 aliphatic rings. The summed E-state index contributed by atoms with van der Waals surface area (Å²) in [6, 6.07) is 24.2. The third kappa shape index (κ3) is 6.20. The fraction of sp³-hybridized carbons (Fsp3) is 0.426. The van der Waals surface area contributed by atoms with Crippen molar-refractivity contribution in [2.45, 2.75) is 88.6 Å². The van der Waals surface area contributed by atoms with Crippen LogP contribution in [0.4, 0.5) is 0 Å².